The first-order chi connectivity index (χ1) is 12.3. The van der Waals surface area contributed by atoms with Crippen molar-refractivity contribution in [2.75, 3.05) is 26.9 Å². The van der Waals surface area contributed by atoms with Crippen LogP contribution in [-0.4, -0.2) is 42.8 Å². The molecule has 1 aliphatic heterocycles. The number of nitrogens with one attached hydrogen (secondary N) is 1. The molecule has 1 N–H and O–H groups in total. The molecule has 0 spiro atoms. The first-order valence-electron chi connectivity index (χ1n) is 8.42. The third-order valence-electron chi connectivity index (χ3n) is 4.20. The fraction of sp³-hybridized carbons (Fsp3) is 0.368. The molecule has 132 valence electrons. The van der Waals surface area contributed by atoms with Crippen molar-refractivity contribution in [2.45, 2.75) is 19.5 Å². The molecule has 0 unspecified atom stereocenters. The molecular weight excluding hydrogens is 318 g/mol. The number of hydrogen-bond acceptors (Lipinski definition) is 4. The van der Waals surface area contributed by atoms with Gasteiger partial charge >= 0.3 is 6.03 Å². The van der Waals surface area contributed by atoms with Gasteiger partial charge in [-0.05, 0) is 23.1 Å². The molecule has 0 atom stereocenters. The van der Waals surface area contributed by atoms with Gasteiger partial charge in [0, 0.05) is 39.0 Å². The number of methoxy groups -OCH3 is 1. The molecule has 2 aromatic rings. The van der Waals surface area contributed by atoms with Crippen molar-refractivity contribution in [2.24, 2.45) is 0 Å². The summed E-state index contributed by atoms with van der Waals surface area (Å²) in [5, 5.41) is 2.96. The summed E-state index contributed by atoms with van der Waals surface area (Å²) in [6.45, 7) is 2.84. The minimum atomic E-state index is -0.0464. The maximum atomic E-state index is 12.4. The van der Waals surface area contributed by atoms with E-state index in [4.69, 9.17) is 9.47 Å². The number of fused-ring (bicyclic) bond motifs is 1. The maximum Gasteiger partial charge on any atom is 0.317 e. The zero-order valence-corrected chi connectivity index (χ0v) is 14.4. The molecule has 0 saturated heterocycles. The molecule has 2 heterocycles. The van der Waals surface area contributed by atoms with Gasteiger partial charge in [-0.25, -0.2) is 9.78 Å². The lowest BCUT2D eigenvalue weighted by molar-refractivity contribution is 0.143. The quantitative estimate of drug-likeness (QED) is 0.820. The summed E-state index contributed by atoms with van der Waals surface area (Å²) in [5.41, 5.74) is 3.49. The van der Waals surface area contributed by atoms with Gasteiger partial charge in [-0.2, -0.15) is 0 Å². The summed E-state index contributed by atoms with van der Waals surface area (Å²) in [5.74, 6) is 0.555. The number of carbonyl (C=O) groups excluding carboxylic acids is 1. The van der Waals surface area contributed by atoms with Crippen molar-refractivity contribution in [3.63, 3.8) is 0 Å². The Morgan fingerprint density at radius 2 is 2.04 bits per heavy atom. The van der Waals surface area contributed by atoms with E-state index in [0.717, 1.165) is 18.5 Å². The molecule has 6 heteroatoms. The van der Waals surface area contributed by atoms with E-state index in [1.807, 2.05) is 23.1 Å². The van der Waals surface area contributed by atoms with Crippen molar-refractivity contribution in [3.8, 4) is 5.88 Å². The van der Waals surface area contributed by atoms with Gasteiger partial charge in [0.15, 0.2) is 0 Å². The Labute approximate surface area is 147 Å². The third-order valence-corrected chi connectivity index (χ3v) is 4.20. The summed E-state index contributed by atoms with van der Waals surface area (Å²) in [4.78, 5) is 18.5. The lowest BCUT2D eigenvalue weighted by Gasteiger charge is -2.29. The summed E-state index contributed by atoms with van der Waals surface area (Å²) in [6, 6.07) is 11.9. The molecular formula is C19H23N3O3. The molecule has 0 radical (unpaired) electrons. The number of benzene rings is 1. The molecule has 1 aromatic carbocycles. The predicted octanol–water partition coefficient (Wildman–Crippen LogP) is 2.37. The summed E-state index contributed by atoms with van der Waals surface area (Å²) >= 11 is 0. The van der Waals surface area contributed by atoms with Crippen LogP contribution in [0, 0.1) is 0 Å². The minimum absolute atomic E-state index is 0.0464. The Morgan fingerprint density at radius 3 is 2.80 bits per heavy atom. The van der Waals surface area contributed by atoms with E-state index in [0.29, 0.717) is 32.2 Å². The molecule has 0 bridgehead atoms. The smallest absolute Gasteiger partial charge is 0.317 e. The topological polar surface area (TPSA) is 63.7 Å². The average Bonchev–Trinajstić information content (AvgIpc) is 2.67. The Bertz CT molecular complexity index is 703. The van der Waals surface area contributed by atoms with Crippen LogP contribution in [0.5, 0.6) is 5.88 Å². The summed E-state index contributed by atoms with van der Waals surface area (Å²) in [7, 11) is 1.63. The van der Waals surface area contributed by atoms with Gasteiger partial charge in [0.25, 0.3) is 0 Å². The van der Waals surface area contributed by atoms with Crippen molar-refractivity contribution in [3.05, 3.63) is 59.3 Å². The van der Waals surface area contributed by atoms with Crippen LogP contribution in [0.4, 0.5) is 4.79 Å². The van der Waals surface area contributed by atoms with E-state index >= 15 is 0 Å². The highest BCUT2D eigenvalue weighted by Crippen LogP contribution is 2.18. The van der Waals surface area contributed by atoms with E-state index in [1.54, 1.807) is 19.4 Å². The van der Waals surface area contributed by atoms with Crippen molar-refractivity contribution in [1.29, 1.82) is 0 Å². The largest absolute Gasteiger partial charge is 0.475 e. The van der Waals surface area contributed by atoms with Crippen LogP contribution in [0.1, 0.15) is 16.7 Å². The number of amides is 2. The van der Waals surface area contributed by atoms with Gasteiger partial charge < -0.3 is 19.7 Å². The maximum absolute atomic E-state index is 12.4. The predicted molar refractivity (Wildman–Crippen MR) is 94.4 cm³/mol. The number of pyridine rings is 1. The molecule has 1 aliphatic rings. The minimum Gasteiger partial charge on any atom is -0.475 e. The van der Waals surface area contributed by atoms with Crippen LogP contribution < -0.4 is 10.1 Å². The monoisotopic (exact) mass is 341 g/mol. The summed E-state index contributed by atoms with van der Waals surface area (Å²) in [6.07, 6.45) is 2.62. The van der Waals surface area contributed by atoms with Gasteiger partial charge in [0.1, 0.15) is 6.61 Å². The van der Waals surface area contributed by atoms with Gasteiger partial charge in [-0.15, -0.1) is 0 Å². The second kappa shape index (κ2) is 8.48. The average molecular weight is 341 g/mol. The van der Waals surface area contributed by atoms with Gasteiger partial charge in [-0.3, -0.25) is 0 Å². The molecule has 1 aromatic heterocycles. The van der Waals surface area contributed by atoms with Crippen LogP contribution in [-0.2, 0) is 24.2 Å². The highest BCUT2D eigenvalue weighted by molar-refractivity contribution is 5.74. The number of aromatic nitrogens is 1. The highest BCUT2D eigenvalue weighted by Gasteiger charge is 2.19. The third kappa shape index (κ3) is 4.70. The summed E-state index contributed by atoms with van der Waals surface area (Å²) < 4.78 is 10.4. The van der Waals surface area contributed by atoms with Gasteiger partial charge in [0.2, 0.25) is 5.88 Å². The van der Waals surface area contributed by atoms with Crippen LogP contribution >= 0.6 is 0 Å². The highest BCUT2D eigenvalue weighted by atomic mass is 16.5. The molecule has 3 rings (SSSR count). The number of carbonyl (C=O) groups is 1. The Morgan fingerprint density at radius 1 is 1.20 bits per heavy atom. The SMILES string of the molecule is COCCOc1ccc(CNC(=O)N2CCc3ccccc3C2)cn1. The zero-order chi connectivity index (χ0) is 17.5. The van der Waals surface area contributed by atoms with E-state index in [-0.39, 0.29) is 6.03 Å². The lowest BCUT2D eigenvalue weighted by atomic mass is 10.0. The molecule has 0 saturated carbocycles. The van der Waals surface area contributed by atoms with Gasteiger partial charge in [-0.1, -0.05) is 30.3 Å². The fourth-order valence-corrected chi connectivity index (χ4v) is 2.79. The standard InChI is InChI=1S/C19H23N3O3/c1-24-10-11-25-18-7-6-15(12-20-18)13-21-19(23)22-9-8-16-4-2-3-5-17(16)14-22/h2-7,12H,8-11,13-14H2,1H3,(H,21,23). The molecule has 25 heavy (non-hydrogen) atoms. The molecule has 2 amide bonds. The number of hydrogen-bond donors (Lipinski definition) is 1. The zero-order valence-electron chi connectivity index (χ0n) is 14.4. The number of rotatable bonds is 6. The van der Waals surface area contributed by atoms with Crippen LogP contribution in [0.3, 0.4) is 0 Å². The van der Waals surface area contributed by atoms with E-state index in [9.17, 15) is 4.79 Å². The normalized spacial score (nSPS) is 13.2. The van der Waals surface area contributed by atoms with Crippen molar-refractivity contribution in [1.82, 2.24) is 15.2 Å². The number of ether oxygens (including phenoxy) is 2. The Balaban J connectivity index is 1.48. The van der Waals surface area contributed by atoms with Crippen molar-refractivity contribution >= 4 is 6.03 Å². The van der Waals surface area contributed by atoms with Gasteiger partial charge in [0.05, 0.1) is 6.61 Å². The second-order valence-corrected chi connectivity index (χ2v) is 5.94. The van der Waals surface area contributed by atoms with Crippen molar-refractivity contribution < 1.29 is 14.3 Å². The van der Waals surface area contributed by atoms with E-state index in [1.165, 1.54) is 11.1 Å². The Hall–Kier alpha value is -2.60. The first kappa shape index (κ1) is 17.2. The number of urea groups is 1. The van der Waals surface area contributed by atoms with E-state index in [2.05, 4.69) is 22.4 Å². The lowest BCUT2D eigenvalue weighted by Crippen LogP contribution is -2.42. The van der Waals surface area contributed by atoms with Crippen LogP contribution in [0.25, 0.3) is 0 Å². The van der Waals surface area contributed by atoms with Crippen LogP contribution in [0.2, 0.25) is 0 Å². The van der Waals surface area contributed by atoms with Crippen LogP contribution in [0.15, 0.2) is 42.6 Å². The fourth-order valence-electron chi connectivity index (χ4n) is 2.79. The first-order valence-corrected chi connectivity index (χ1v) is 8.42. The molecule has 0 aliphatic carbocycles. The number of nitrogens with zero attached hydrogens (tertiary/aromatic N) is 2. The second-order valence-electron chi connectivity index (χ2n) is 5.94. The Kier molecular flexibility index (Phi) is 5.85. The molecule has 0 fully saturated rings. The molecule has 6 nitrogen and oxygen atoms in total. The van der Waals surface area contributed by atoms with E-state index < -0.39 is 0 Å².